The van der Waals surface area contributed by atoms with Crippen LogP contribution in [0.3, 0.4) is 0 Å². The first kappa shape index (κ1) is 28.7. The molecule has 3 aromatic rings. The molecule has 1 N–H and O–H groups in total. The Kier molecular flexibility index (Phi) is 9.52. The lowest BCUT2D eigenvalue weighted by atomic mass is 10.0. The van der Waals surface area contributed by atoms with E-state index >= 15 is 0 Å². The maximum Gasteiger partial charge on any atom is 0.244 e. The van der Waals surface area contributed by atoms with Crippen molar-refractivity contribution in [2.75, 3.05) is 31.3 Å². The molecule has 0 aliphatic carbocycles. The molecule has 0 aliphatic heterocycles. The fourth-order valence-electron chi connectivity index (χ4n) is 4.20. The summed E-state index contributed by atoms with van der Waals surface area (Å²) in [6.45, 7) is 3.43. The molecule has 0 fully saturated rings. The second-order valence-corrected chi connectivity index (χ2v) is 11.2. The van der Waals surface area contributed by atoms with E-state index in [-0.39, 0.29) is 24.6 Å². The van der Waals surface area contributed by atoms with E-state index in [2.05, 4.69) is 5.32 Å². The van der Waals surface area contributed by atoms with E-state index in [0.29, 0.717) is 5.75 Å². The Morgan fingerprint density at radius 1 is 0.921 bits per heavy atom. The van der Waals surface area contributed by atoms with Gasteiger partial charge in [0, 0.05) is 20.0 Å². The third-order valence-corrected chi connectivity index (χ3v) is 7.40. The normalized spacial score (nSPS) is 11.9. The molecule has 3 rings (SSSR count). The third-order valence-electron chi connectivity index (χ3n) is 6.27. The van der Waals surface area contributed by atoms with Crippen molar-refractivity contribution in [1.82, 2.24) is 10.2 Å². The highest BCUT2D eigenvalue weighted by atomic mass is 32.2. The number of hydrogen-bond donors (Lipinski definition) is 1. The lowest BCUT2D eigenvalue weighted by Crippen LogP contribution is -2.52. The lowest BCUT2D eigenvalue weighted by Gasteiger charge is -2.33. The van der Waals surface area contributed by atoms with Crippen LogP contribution in [0.5, 0.6) is 5.75 Å². The van der Waals surface area contributed by atoms with Gasteiger partial charge in [-0.2, -0.15) is 0 Å². The Balaban J connectivity index is 2.06. The molecule has 9 heteroatoms. The van der Waals surface area contributed by atoms with Crippen LogP contribution in [0.4, 0.5) is 5.69 Å². The number of ether oxygens (including phenoxy) is 1. The van der Waals surface area contributed by atoms with Crippen molar-refractivity contribution in [3.05, 3.63) is 95.1 Å². The summed E-state index contributed by atoms with van der Waals surface area (Å²) in [4.78, 5) is 28.6. The maximum atomic E-state index is 14.0. The van der Waals surface area contributed by atoms with Gasteiger partial charge in [0.2, 0.25) is 21.8 Å². The van der Waals surface area contributed by atoms with Crippen LogP contribution in [0, 0.1) is 13.8 Å². The van der Waals surface area contributed by atoms with Crippen LogP contribution in [-0.2, 0) is 32.6 Å². The number of likely N-dealkylation sites (N-methyl/N-ethyl adjacent to an activating group) is 1. The zero-order valence-electron chi connectivity index (χ0n) is 22.5. The average molecular weight is 538 g/mol. The zero-order valence-corrected chi connectivity index (χ0v) is 23.3. The number of benzene rings is 3. The molecule has 0 radical (unpaired) electrons. The van der Waals surface area contributed by atoms with Gasteiger partial charge in [-0.25, -0.2) is 8.42 Å². The Bertz CT molecular complexity index is 1360. The first-order chi connectivity index (χ1) is 18.0. The molecule has 38 heavy (non-hydrogen) atoms. The topological polar surface area (TPSA) is 96.0 Å². The first-order valence-corrected chi connectivity index (χ1v) is 14.1. The summed E-state index contributed by atoms with van der Waals surface area (Å²) in [5.74, 6) is -0.525. The summed E-state index contributed by atoms with van der Waals surface area (Å²) in [6.07, 6.45) is 1.32. The van der Waals surface area contributed by atoms with Gasteiger partial charge in [-0.3, -0.25) is 13.9 Å². The number of sulfonamides is 1. The molecule has 1 atom stereocenters. The van der Waals surface area contributed by atoms with Gasteiger partial charge in [0.15, 0.2) is 0 Å². The molecule has 202 valence electrons. The summed E-state index contributed by atoms with van der Waals surface area (Å²) in [5.41, 5.74) is 3.84. The molecule has 0 bridgehead atoms. The Labute approximate surface area is 225 Å². The number of hydrogen-bond acceptors (Lipinski definition) is 5. The lowest BCUT2D eigenvalue weighted by molar-refractivity contribution is -0.139. The van der Waals surface area contributed by atoms with E-state index in [4.69, 9.17) is 4.74 Å². The molecule has 2 amide bonds. The standard InChI is InChI=1S/C29H35N3O5S/c1-21-11-14-24(15-12-21)19-31(26(29(34)30-3)18-23-9-7-6-8-10-23)28(33)20-32(38(5,35)36)25-17-22(2)13-16-27(25)37-4/h6-17,26H,18-20H2,1-5H3,(H,30,34)/t26-/m1/s1. The predicted octanol–water partition coefficient (Wildman–Crippen LogP) is 3.46. The molecule has 8 nitrogen and oxygen atoms in total. The fraction of sp³-hybridized carbons (Fsp3) is 0.310. The van der Waals surface area contributed by atoms with Gasteiger partial charge < -0.3 is 15.0 Å². The number of amides is 2. The Morgan fingerprint density at radius 3 is 2.13 bits per heavy atom. The molecule has 0 heterocycles. The number of nitrogens with one attached hydrogen (secondary N) is 1. The van der Waals surface area contributed by atoms with Crippen molar-refractivity contribution in [1.29, 1.82) is 0 Å². The van der Waals surface area contributed by atoms with Crippen LogP contribution in [0.1, 0.15) is 22.3 Å². The molecule has 0 aliphatic rings. The third kappa shape index (κ3) is 7.35. The minimum Gasteiger partial charge on any atom is -0.495 e. The second kappa shape index (κ2) is 12.6. The van der Waals surface area contributed by atoms with Crippen molar-refractivity contribution < 1.29 is 22.7 Å². The predicted molar refractivity (Wildman–Crippen MR) is 150 cm³/mol. The van der Waals surface area contributed by atoms with Crippen molar-refractivity contribution in [3.63, 3.8) is 0 Å². The zero-order chi connectivity index (χ0) is 27.9. The molecule has 0 aromatic heterocycles. The van der Waals surface area contributed by atoms with Crippen molar-refractivity contribution >= 4 is 27.5 Å². The van der Waals surface area contributed by atoms with E-state index in [9.17, 15) is 18.0 Å². The van der Waals surface area contributed by atoms with Crippen LogP contribution >= 0.6 is 0 Å². The van der Waals surface area contributed by atoms with Gasteiger partial charge in [-0.1, -0.05) is 66.2 Å². The van der Waals surface area contributed by atoms with Gasteiger partial charge in [0.1, 0.15) is 18.3 Å². The quantitative estimate of drug-likeness (QED) is 0.404. The minimum absolute atomic E-state index is 0.132. The van der Waals surface area contributed by atoms with Crippen molar-refractivity contribution in [3.8, 4) is 5.75 Å². The van der Waals surface area contributed by atoms with E-state index in [1.807, 2.05) is 68.4 Å². The number of carbonyl (C=O) groups is 2. The molecule has 0 saturated carbocycles. The number of aryl methyl sites for hydroxylation is 2. The number of rotatable bonds is 11. The smallest absolute Gasteiger partial charge is 0.244 e. The van der Waals surface area contributed by atoms with Gasteiger partial charge >= 0.3 is 0 Å². The van der Waals surface area contributed by atoms with Crippen LogP contribution in [-0.4, -0.2) is 58.1 Å². The van der Waals surface area contributed by atoms with Crippen molar-refractivity contribution in [2.24, 2.45) is 0 Å². The van der Waals surface area contributed by atoms with Gasteiger partial charge in [-0.15, -0.1) is 0 Å². The molecular weight excluding hydrogens is 502 g/mol. The van der Waals surface area contributed by atoms with E-state index in [1.54, 1.807) is 18.2 Å². The Hall–Kier alpha value is -3.85. The highest BCUT2D eigenvalue weighted by Gasteiger charge is 2.33. The summed E-state index contributed by atoms with van der Waals surface area (Å²) in [6, 6.07) is 21.4. The largest absolute Gasteiger partial charge is 0.495 e. The maximum absolute atomic E-state index is 14.0. The monoisotopic (exact) mass is 537 g/mol. The number of nitrogens with zero attached hydrogens (tertiary/aromatic N) is 2. The fourth-order valence-corrected chi connectivity index (χ4v) is 5.05. The first-order valence-electron chi connectivity index (χ1n) is 12.3. The van der Waals surface area contributed by atoms with Crippen LogP contribution in [0.25, 0.3) is 0 Å². The second-order valence-electron chi connectivity index (χ2n) is 9.27. The summed E-state index contributed by atoms with van der Waals surface area (Å²) in [7, 11) is -0.910. The van der Waals surface area contributed by atoms with E-state index in [1.165, 1.54) is 19.1 Å². The highest BCUT2D eigenvalue weighted by Crippen LogP contribution is 2.31. The number of carbonyl (C=O) groups excluding carboxylic acids is 2. The van der Waals surface area contributed by atoms with E-state index in [0.717, 1.165) is 32.8 Å². The number of anilines is 1. The molecule has 0 saturated heterocycles. The van der Waals surface area contributed by atoms with Crippen LogP contribution in [0.2, 0.25) is 0 Å². The Morgan fingerprint density at radius 2 is 1.55 bits per heavy atom. The summed E-state index contributed by atoms with van der Waals surface area (Å²) >= 11 is 0. The van der Waals surface area contributed by atoms with Crippen LogP contribution in [0.15, 0.2) is 72.8 Å². The minimum atomic E-state index is -3.88. The summed E-state index contributed by atoms with van der Waals surface area (Å²) in [5, 5.41) is 2.67. The van der Waals surface area contributed by atoms with Gasteiger partial charge in [0.05, 0.1) is 19.1 Å². The number of methoxy groups -OCH3 is 1. The summed E-state index contributed by atoms with van der Waals surface area (Å²) < 4.78 is 32.3. The van der Waals surface area contributed by atoms with Gasteiger partial charge in [0.25, 0.3) is 0 Å². The molecule has 0 spiro atoms. The highest BCUT2D eigenvalue weighted by molar-refractivity contribution is 7.92. The van der Waals surface area contributed by atoms with E-state index < -0.39 is 28.5 Å². The molecular formula is C29H35N3O5S. The van der Waals surface area contributed by atoms with Crippen molar-refractivity contribution in [2.45, 2.75) is 32.9 Å². The van der Waals surface area contributed by atoms with Gasteiger partial charge in [-0.05, 0) is 42.7 Å². The molecule has 3 aromatic carbocycles. The van der Waals surface area contributed by atoms with Crippen LogP contribution < -0.4 is 14.4 Å². The molecule has 0 unspecified atom stereocenters. The average Bonchev–Trinajstić information content (AvgIpc) is 2.89. The SMILES string of the molecule is CNC(=O)[C@@H](Cc1ccccc1)N(Cc1ccc(C)cc1)C(=O)CN(c1cc(C)ccc1OC)S(C)(=O)=O.